The number of hydrogen-bond acceptors (Lipinski definition) is 3. The van der Waals surface area contributed by atoms with Crippen molar-refractivity contribution in [2.75, 3.05) is 11.1 Å². The van der Waals surface area contributed by atoms with Crippen molar-refractivity contribution in [2.24, 2.45) is 0 Å². The number of pyridine rings is 1. The van der Waals surface area contributed by atoms with Crippen LogP contribution in [0, 0.1) is 27.7 Å². The van der Waals surface area contributed by atoms with E-state index in [9.17, 15) is 9.59 Å². The molecule has 3 N–H and O–H groups in total. The van der Waals surface area contributed by atoms with Crippen molar-refractivity contribution >= 4 is 28.6 Å². The molecule has 31 heavy (non-hydrogen) atoms. The minimum absolute atomic E-state index is 0.178. The lowest BCUT2D eigenvalue weighted by Crippen LogP contribution is -2.15. The largest absolute Gasteiger partial charge is 0.396 e. The Morgan fingerprint density at radius 1 is 0.871 bits per heavy atom. The molecule has 0 aliphatic carbocycles. The summed E-state index contributed by atoms with van der Waals surface area (Å²) in [6.45, 7) is 7.92. The maximum Gasteiger partial charge on any atom is 0.259 e. The van der Waals surface area contributed by atoms with Crippen LogP contribution < -0.4 is 11.1 Å². The van der Waals surface area contributed by atoms with Crippen molar-refractivity contribution in [1.29, 1.82) is 0 Å². The molecule has 0 bridgehead atoms. The van der Waals surface area contributed by atoms with Crippen LogP contribution in [-0.2, 0) is 0 Å². The van der Waals surface area contributed by atoms with Crippen LogP contribution in [0.4, 0.5) is 11.4 Å². The first kappa shape index (κ1) is 20.4. The minimum atomic E-state index is -0.339. The number of nitrogens with two attached hydrogens (primary N) is 1. The van der Waals surface area contributed by atoms with Gasteiger partial charge in [0.05, 0.1) is 16.8 Å². The number of nitrogens with one attached hydrogen (secondary N) is 1. The Hall–Kier alpha value is -3.86. The number of carbonyl (C=O) groups is 2. The molecular weight excluding hydrogens is 386 g/mol. The number of nitrogen functional groups attached to an aromatic ring is 1. The van der Waals surface area contributed by atoms with E-state index in [2.05, 4.69) is 5.32 Å². The summed E-state index contributed by atoms with van der Waals surface area (Å²) in [6.07, 6.45) is 1.76. The fourth-order valence-electron chi connectivity index (χ4n) is 3.79. The molecule has 2 heterocycles. The van der Waals surface area contributed by atoms with Gasteiger partial charge in [-0.05, 0) is 74.2 Å². The van der Waals surface area contributed by atoms with Gasteiger partial charge in [0.15, 0.2) is 0 Å². The number of aryl methyl sites for hydroxylation is 3. The summed E-state index contributed by atoms with van der Waals surface area (Å²) < 4.78 is 1.70. The molecule has 5 nitrogen and oxygen atoms in total. The maximum atomic E-state index is 13.4. The van der Waals surface area contributed by atoms with Gasteiger partial charge >= 0.3 is 0 Å². The number of nitrogens with zero attached hydrogens (tertiary/aromatic N) is 1. The molecule has 0 unspecified atom stereocenters. The predicted octanol–water partition coefficient (Wildman–Crippen LogP) is 5.24. The number of amides is 1. The molecule has 2 aromatic carbocycles. The van der Waals surface area contributed by atoms with Gasteiger partial charge in [-0.1, -0.05) is 30.3 Å². The lowest BCUT2D eigenvalue weighted by atomic mass is 10.0. The molecule has 0 saturated carbocycles. The second-order valence-electron chi connectivity index (χ2n) is 7.92. The van der Waals surface area contributed by atoms with Crippen LogP contribution >= 0.6 is 0 Å². The van der Waals surface area contributed by atoms with Gasteiger partial charge in [0.1, 0.15) is 5.69 Å². The first-order valence-corrected chi connectivity index (χ1v) is 10.2. The molecule has 0 fully saturated rings. The van der Waals surface area contributed by atoms with Crippen molar-refractivity contribution in [3.05, 3.63) is 99.9 Å². The molecule has 0 atom stereocenters. The summed E-state index contributed by atoms with van der Waals surface area (Å²) in [4.78, 5) is 26.7. The molecule has 0 spiro atoms. The van der Waals surface area contributed by atoms with E-state index >= 15 is 0 Å². The molecule has 0 saturated heterocycles. The van der Waals surface area contributed by atoms with E-state index in [0.717, 1.165) is 27.9 Å². The Bertz CT molecular complexity index is 1350. The summed E-state index contributed by atoms with van der Waals surface area (Å²) in [5.74, 6) is -0.554. The van der Waals surface area contributed by atoms with Crippen molar-refractivity contribution in [3.8, 4) is 0 Å². The van der Waals surface area contributed by atoms with E-state index in [1.54, 1.807) is 22.7 Å². The molecule has 1 amide bonds. The van der Waals surface area contributed by atoms with Crippen LogP contribution in [0.25, 0.3) is 5.52 Å². The molecule has 0 radical (unpaired) electrons. The number of aromatic nitrogens is 1. The highest BCUT2D eigenvalue weighted by atomic mass is 16.2. The maximum absolute atomic E-state index is 13.4. The zero-order valence-electron chi connectivity index (χ0n) is 18.1. The lowest BCUT2D eigenvalue weighted by Gasteiger charge is -2.10. The molecule has 4 aromatic rings. The SMILES string of the molecule is Cc1ccc(C(=O)c2c(N)c(C(=O)Nc3cccc(C)c3C)c3ccccn23)cc1C. The predicted molar refractivity (Wildman–Crippen MR) is 125 cm³/mol. The molecule has 0 aliphatic heterocycles. The van der Waals surface area contributed by atoms with Crippen LogP contribution in [0.15, 0.2) is 60.8 Å². The summed E-state index contributed by atoms with van der Waals surface area (Å²) >= 11 is 0. The highest BCUT2D eigenvalue weighted by Crippen LogP contribution is 2.30. The van der Waals surface area contributed by atoms with E-state index in [-0.39, 0.29) is 17.4 Å². The number of rotatable bonds is 4. The highest BCUT2D eigenvalue weighted by molar-refractivity contribution is 6.20. The lowest BCUT2D eigenvalue weighted by molar-refractivity contribution is 0.102. The van der Waals surface area contributed by atoms with Crippen LogP contribution in [0.1, 0.15) is 48.7 Å². The van der Waals surface area contributed by atoms with Gasteiger partial charge in [-0.2, -0.15) is 0 Å². The Balaban J connectivity index is 1.83. The molecule has 2 aromatic heterocycles. The third-order valence-corrected chi connectivity index (χ3v) is 5.95. The van der Waals surface area contributed by atoms with Crippen molar-refractivity contribution < 1.29 is 9.59 Å². The number of benzene rings is 2. The third-order valence-electron chi connectivity index (χ3n) is 5.95. The standard InChI is InChI=1S/C26H25N3O2/c1-15-11-12-19(14-17(15)3)25(30)24-23(27)22(21-10-5-6-13-29(21)24)26(31)28-20-9-7-8-16(2)18(20)4/h5-14H,27H2,1-4H3,(H,28,31). The zero-order chi connectivity index (χ0) is 22.3. The first-order chi connectivity index (χ1) is 14.8. The summed E-state index contributed by atoms with van der Waals surface area (Å²) in [7, 11) is 0. The van der Waals surface area contributed by atoms with Gasteiger partial charge in [0, 0.05) is 17.4 Å². The second-order valence-corrected chi connectivity index (χ2v) is 7.92. The van der Waals surface area contributed by atoms with Crippen molar-refractivity contribution in [1.82, 2.24) is 4.40 Å². The highest BCUT2D eigenvalue weighted by Gasteiger charge is 2.26. The summed E-state index contributed by atoms with van der Waals surface area (Å²) in [6, 6.07) is 16.8. The van der Waals surface area contributed by atoms with Crippen LogP contribution in [-0.4, -0.2) is 16.1 Å². The first-order valence-electron chi connectivity index (χ1n) is 10.2. The Morgan fingerprint density at radius 2 is 1.65 bits per heavy atom. The topological polar surface area (TPSA) is 76.6 Å². The number of ketones is 1. The number of hydrogen-bond donors (Lipinski definition) is 2. The number of fused-ring (bicyclic) bond motifs is 1. The van der Waals surface area contributed by atoms with Gasteiger partial charge in [0.25, 0.3) is 5.91 Å². The van der Waals surface area contributed by atoms with E-state index < -0.39 is 0 Å². The van der Waals surface area contributed by atoms with Gasteiger partial charge < -0.3 is 15.5 Å². The molecular formula is C26H25N3O2. The fraction of sp³-hybridized carbons (Fsp3) is 0.154. The number of carbonyl (C=O) groups excluding carboxylic acids is 2. The van der Waals surface area contributed by atoms with Gasteiger partial charge in [0.2, 0.25) is 5.78 Å². The Kier molecular flexibility index (Phi) is 5.11. The average molecular weight is 412 g/mol. The summed E-state index contributed by atoms with van der Waals surface area (Å²) in [5.41, 5.74) is 13.3. The number of anilines is 2. The van der Waals surface area contributed by atoms with Gasteiger partial charge in [-0.15, -0.1) is 0 Å². The molecule has 4 rings (SSSR count). The van der Waals surface area contributed by atoms with Gasteiger partial charge in [-0.25, -0.2) is 0 Å². The van der Waals surface area contributed by atoms with Crippen molar-refractivity contribution in [2.45, 2.75) is 27.7 Å². The quantitative estimate of drug-likeness (QED) is 0.451. The van der Waals surface area contributed by atoms with E-state index in [1.165, 1.54) is 0 Å². The normalized spacial score (nSPS) is 11.0. The van der Waals surface area contributed by atoms with Gasteiger partial charge in [-0.3, -0.25) is 9.59 Å². The van der Waals surface area contributed by atoms with E-state index in [4.69, 9.17) is 5.73 Å². The molecule has 5 heteroatoms. The minimum Gasteiger partial charge on any atom is -0.396 e. The second kappa shape index (κ2) is 7.76. The monoisotopic (exact) mass is 411 g/mol. The van der Waals surface area contributed by atoms with E-state index in [0.29, 0.717) is 22.3 Å². The molecule has 0 aliphatic rings. The van der Waals surface area contributed by atoms with Crippen LogP contribution in [0.5, 0.6) is 0 Å². The Morgan fingerprint density at radius 3 is 2.39 bits per heavy atom. The zero-order valence-corrected chi connectivity index (χ0v) is 18.1. The third kappa shape index (κ3) is 3.48. The van der Waals surface area contributed by atoms with E-state index in [1.807, 2.05) is 70.2 Å². The summed E-state index contributed by atoms with van der Waals surface area (Å²) in [5, 5.41) is 2.97. The smallest absolute Gasteiger partial charge is 0.259 e. The van der Waals surface area contributed by atoms with Crippen LogP contribution in [0.2, 0.25) is 0 Å². The Labute approximate surface area is 181 Å². The average Bonchev–Trinajstić information content (AvgIpc) is 3.04. The van der Waals surface area contributed by atoms with Crippen LogP contribution in [0.3, 0.4) is 0 Å². The fourth-order valence-corrected chi connectivity index (χ4v) is 3.79. The van der Waals surface area contributed by atoms with Crippen molar-refractivity contribution in [3.63, 3.8) is 0 Å². The molecule has 156 valence electrons.